The minimum Gasteiger partial charge on any atom is -0.478 e. The van der Waals surface area contributed by atoms with E-state index >= 15 is 0 Å². The van der Waals surface area contributed by atoms with Crippen molar-refractivity contribution in [2.45, 2.75) is 23.8 Å². The second kappa shape index (κ2) is 4.82. The maximum Gasteiger partial charge on any atom is 0.337 e. The molecule has 104 valence electrons. The Labute approximate surface area is 112 Å². The van der Waals surface area contributed by atoms with Gasteiger partial charge in [0.25, 0.3) is 0 Å². The van der Waals surface area contributed by atoms with Crippen molar-refractivity contribution in [3.8, 4) is 0 Å². The first-order valence-electron chi connectivity index (χ1n) is 5.89. The molecule has 0 heterocycles. The largest absolute Gasteiger partial charge is 0.478 e. The highest BCUT2D eigenvalue weighted by Crippen LogP contribution is 2.28. The molecule has 2 rings (SSSR count). The van der Waals surface area contributed by atoms with Crippen LogP contribution in [-0.4, -0.2) is 43.9 Å². The molecule has 6 nitrogen and oxygen atoms in total. The first-order chi connectivity index (χ1) is 8.82. The zero-order valence-electron chi connectivity index (χ0n) is 10.8. The van der Waals surface area contributed by atoms with Crippen LogP contribution in [0.5, 0.6) is 0 Å². The smallest absolute Gasteiger partial charge is 0.337 e. The van der Waals surface area contributed by atoms with E-state index in [1.54, 1.807) is 0 Å². The van der Waals surface area contributed by atoms with E-state index in [1.807, 2.05) is 0 Å². The van der Waals surface area contributed by atoms with Crippen LogP contribution in [0.25, 0.3) is 0 Å². The minimum atomic E-state index is -3.62. The molecule has 0 aromatic heterocycles. The van der Waals surface area contributed by atoms with Gasteiger partial charge in [0, 0.05) is 25.8 Å². The number of carbonyl (C=O) groups is 1. The molecule has 1 aliphatic rings. The molecule has 1 fully saturated rings. The molecular weight excluding hydrogens is 268 g/mol. The molecule has 1 aromatic carbocycles. The van der Waals surface area contributed by atoms with E-state index in [-0.39, 0.29) is 10.5 Å². The standard InChI is InChI=1S/C12H16N2O4S/c1-14(2)19(17,18)9-5-6-11(13-8-3-4-8)10(7-9)12(15)16/h5-8,13H,3-4H2,1-2H3,(H,15,16). The fourth-order valence-corrected chi connectivity index (χ4v) is 2.57. The fraction of sp³-hybridized carbons (Fsp3) is 0.417. The predicted octanol–water partition coefficient (Wildman–Crippen LogP) is 1.21. The van der Waals surface area contributed by atoms with Gasteiger partial charge in [-0.1, -0.05) is 0 Å². The summed E-state index contributed by atoms with van der Waals surface area (Å²) in [5.74, 6) is -1.14. The average molecular weight is 284 g/mol. The Kier molecular flexibility index (Phi) is 3.51. The summed E-state index contributed by atoms with van der Waals surface area (Å²) in [6.45, 7) is 0. The van der Waals surface area contributed by atoms with E-state index < -0.39 is 16.0 Å². The second-order valence-electron chi connectivity index (χ2n) is 4.72. The Balaban J connectivity index is 2.44. The van der Waals surface area contributed by atoms with Crippen LogP contribution >= 0.6 is 0 Å². The summed E-state index contributed by atoms with van der Waals surface area (Å²) >= 11 is 0. The highest BCUT2D eigenvalue weighted by atomic mass is 32.2. The van der Waals surface area contributed by atoms with Crippen LogP contribution in [0.4, 0.5) is 5.69 Å². The van der Waals surface area contributed by atoms with Crippen LogP contribution in [0.1, 0.15) is 23.2 Å². The van der Waals surface area contributed by atoms with Crippen LogP contribution in [-0.2, 0) is 10.0 Å². The van der Waals surface area contributed by atoms with Crippen molar-refractivity contribution in [3.05, 3.63) is 23.8 Å². The predicted molar refractivity (Wildman–Crippen MR) is 70.9 cm³/mol. The van der Waals surface area contributed by atoms with Gasteiger partial charge in [0.1, 0.15) is 0 Å². The number of nitrogens with zero attached hydrogens (tertiary/aromatic N) is 1. The zero-order chi connectivity index (χ0) is 14.2. The third kappa shape index (κ3) is 2.87. The summed E-state index contributed by atoms with van der Waals surface area (Å²) in [6.07, 6.45) is 2.02. The Hall–Kier alpha value is -1.60. The van der Waals surface area contributed by atoms with Gasteiger partial charge in [-0.2, -0.15) is 0 Å². The number of carboxylic acids is 1. The molecule has 0 radical (unpaired) electrons. The highest BCUT2D eigenvalue weighted by molar-refractivity contribution is 7.89. The number of anilines is 1. The van der Waals surface area contributed by atoms with Crippen LogP contribution < -0.4 is 5.32 Å². The Bertz CT molecular complexity index is 606. The van der Waals surface area contributed by atoms with E-state index in [0.717, 1.165) is 17.1 Å². The molecule has 0 unspecified atom stereocenters. The Morgan fingerprint density at radius 1 is 1.37 bits per heavy atom. The molecule has 0 aliphatic heterocycles. The number of nitrogens with one attached hydrogen (secondary N) is 1. The molecule has 19 heavy (non-hydrogen) atoms. The van der Waals surface area contributed by atoms with Crippen LogP contribution in [0.15, 0.2) is 23.1 Å². The number of carboxylic acid groups (broad SMARTS) is 1. The summed E-state index contributed by atoms with van der Waals surface area (Å²) in [5, 5.41) is 12.3. The minimum absolute atomic E-state index is 0.0174. The number of benzene rings is 1. The molecule has 0 amide bonds. The lowest BCUT2D eigenvalue weighted by molar-refractivity contribution is 0.0697. The molecule has 0 bridgehead atoms. The van der Waals surface area contributed by atoms with E-state index in [2.05, 4.69) is 5.32 Å². The summed E-state index contributed by atoms with van der Waals surface area (Å²) in [4.78, 5) is 11.2. The van der Waals surface area contributed by atoms with Gasteiger partial charge in [0.15, 0.2) is 0 Å². The van der Waals surface area contributed by atoms with E-state index in [4.69, 9.17) is 0 Å². The molecular formula is C12H16N2O4S. The van der Waals surface area contributed by atoms with Crippen molar-refractivity contribution < 1.29 is 18.3 Å². The quantitative estimate of drug-likeness (QED) is 0.848. The zero-order valence-corrected chi connectivity index (χ0v) is 11.6. The van der Waals surface area contributed by atoms with Crippen molar-refractivity contribution in [1.82, 2.24) is 4.31 Å². The van der Waals surface area contributed by atoms with Crippen LogP contribution in [0, 0.1) is 0 Å². The van der Waals surface area contributed by atoms with Crippen LogP contribution in [0.3, 0.4) is 0 Å². The van der Waals surface area contributed by atoms with E-state index in [1.165, 1.54) is 32.3 Å². The van der Waals surface area contributed by atoms with E-state index in [9.17, 15) is 18.3 Å². The van der Waals surface area contributed by atoms with Gasteiger partial charge in [0.2, 0.25) is 10.0 Å². The molecule has 1 saturated carbocycles. The first-order valence-corrected chi connectivity index (χ1v) is 7.33. The van der Waals surface area contributed by atoms with Gasteiger partial charge in [-0.05, 0) is 31.0 Å². The highest BCUT2D eigenvalue weighted by Gasteiger charge is 2.25. The van der Waals surface area contributed by atoms with Crippen molar-refractivity contribution in [2.24, 2.45) is 0 Å². The van der Waals surface area contributed by atoms with Gasteiger partial charge in [-0.25, -0.2) is 17.5 Å². The van der Waals surface area contributed by atoms with Crippen molar-refractivity contribution in [3.63, 3.8) is 0 Å². The lowest BCUT2D eigenvalue weighted by Crippen LogP contribution is -2.22. The van der Waals surface area contributed by atoms with Gasteiger partial charge in [-0.3, -0.25) is 0 Å². The molecule has 0 spiro atoms. The maximum absolute atomic E-state index is 12.0. The number of hydrogen-bond donors (Lipinski definition) is 2. The van der Waals surface area contributed by atoms with Crippen molar-refractivity contribution >= 4 is 21.7 Å². The van der Waals surface area contributed by atoms with Gasteiger partial charge in [0.05, 0.1) is 10.5 Å². The summed E-state index contributed by atoms with van der Waals surface area (Å²) in [6, 6.07) is 4.43. The molecule has 0 atom stereocenters. The Morgan fingerprint density at radius 2 is 2.00 bits per heavy atom. The van der Waals surface area contributed by atoms with Gasteiger partial charge in [-0.15, -0.1) is 0 Å². The Morgan fingerprint density at radius 3 is 2.47 bits per heavy atom. The first kappa shape index (κ1) is 13.8. The molecule has 2 N–H and O–H groups in total. The number of aromatic carboxylic acids is 1. The van der Waals surface area contributed by atoms with Gasteiger partial charge >= 0.3 is 5.97 Å². The summed E-state index contributed by atoms with van der Waals surface area (Å²) in [5.41, 5.74) is 0.447. The third-order valence-electron chi connectivity index (χ3n) is 2.94. The monoisotopic (exact) mass is 284 g/mol. The fourth-order valence-electron chi connectivity index (χ4n) is 1.65. The molecule has 1 aromatic rings. The summed E-state index contributed by atoms with van der Waals surface area (Å²) < 4.78 is 25.0. The average Bonchev–Trinajstić information content (AvgIpc) is 3.12. The summed E-state index contributed by atoms with van der Waals surface area (Å²) in [7, 11) is -0.803. The lowest BCUT2D eigenvalue weighted by atomic mass is 10.2. The van der Waals surface area contributed by atoms with Crippen LogP contribution in [0.2, 0.25) is 0 Å². The number of sulfonamides is 1. The second-order valence-corrected chi connectivity index (χ2v) is 6.87. The molecule has 7 heteroatoms. The molecule has 0 saturated heterocycles. The maximum atomic E-state index is 12.0. The SMILES string of the molecule is CN(C)S(=O)(=O)c1ccc(NC2CC2)c(C(=O)O)c1. The molecule has 1 aliphatic carbocycles. The number of hydrogen-bond acceptors (Lipinski definition) is 4. The topological polar surface area (TPSA) is 86.7 Å². The normalized spacial score (nSPS) is 15.5. The third-order valence-corrected chi connectivity index (χ3v) is 4.75. The van der Waals surface area contributed by atoms with E-state index in [0.29, 0.717) is 11.7 Å². The van der Waals surface area contributed by atoms with Crippen molar-refractivity contribution in [2.75, 3.05) is 19.4 Å². The lowest BCUT2D eigenvalue weighted by Gasteiger charge is -2.14. The van der Waals surface area contributed by atoms with Crippen molar-refractivity contribution in [1.29, 1.82) is 0 Å². The number of rotatable bonds is 5. The van der Waals surface area contributed by atoms with Gasteiger partial charge < -0.3 is 10.4 Å².